The van der Waals surface area contributed by atoms with Gasteiger partial charge in [-0.05, 0) is 40.2 Å². The maximum atomic E-state index is 12.3. The number of fused-ring (bicyclic) bond motifs is 1. The Labute approximate surface area is 142 Å². The van der Waals surface area contributed by atoms with Crippen molar-refractivity contribution in [3.63, 3.8) is 0 Å². The third-order valence-corrected chi connectivity index (χ3v) is 4.20. The van der Waals surface area contributed by atoms with Crippen LogP contribution in [0.25, 0.3) is 11.0 Å². The summed E-state index contributed by atoms with van der Waals surface area (Å²) in [7, 11) is 0. The number of aromatic amines is 1. The number of H-pyrrole nitrogens is 1. The SMILES string of the molecule is Cc1c[nH]c2ncnc(N3CCN(C(=O)OC(C)(C)C)C(C)C3)c12. The van der Waals surface area contributed by atoms with Gasteiger partial charge in [0.05, 0.1) is 5.39 Å². The Morgan fingerprint density at radius 1 is 1.33 bits per heavy atom. The molecule has 3 heterocycles. The van der Waals surface area contributed by atoms with Gasteiger partial charge in [-0.15, -0.1) is 0 Å². The lowest BCUT2D eigenvalue weighted by Crippen LogP contribution is -2.55. The number of nitrogens with one attached hydrogen (secondary N) is 1. The number of rotatable bonds is 1. The number of hydrogen-bond acceptors (Lipinski definition) is 5. The number of hydrogen-bond donors (Lipinski definition) is 1. The number of aromatic nitrogens is 3. The summed E-state index contributed by atoms with van der Waals surface area (Å²) >= 11 is 0. The van der Waals surface area contributed by atoms with Crippen LogP contribution in [0, 0.1) is 6.92 Å². The molecule has 0 saturated carbocycles. The molecule has 1 aliphatic heterocycles. The standard InChI is InChI=1S/C17H25N5O2/c1-11-8-18-14-13(11)15(20-10-19-14)21-6-7-22(12(2)9-21)16(23)24-17(3,4)5/h8,10,12H,6-7,9H2,1-5H3,(H,18,19,20). The second kappa shape index (κ2) is 5.96. The van der Waals surface area contributed by atoms with Crippen LogP contribution in [0.1, 0.15) is 33.3 Å². The highest BCUT2D eigenvalue weighted by molar-refractivity contribution is 5.90. The first-order valence-corrected chi connectivity index (χ1v) is 8.29. The largest absolute Gasteiger partial charge is 0.444 e. The van der Waals surface area contributed by atoms with Crippen molar-refractivity contribution in [1.29, 1.82) is 0 Å². The quantitative estimate of drug-likeness (QED) is 0.869. The molecule has 1 N–H and O–H groups in total. The summed E-state index contributed by atoms with van der Waals surface area (Å²) < 4.78 is 5.50. The van der Waals surface area contributed by atoms with Crippen LogP contribution in [0.15, 0.2) is 12.5 Å². The zero-order chi connectivity index (χ0) is 17.5. The third-order valence-electron chi connectivity index (χ3n) is 4.20. The second-order valence-corrected chi connectivity index (χ2v) is 7.36. The molecule has 3 rings (SSSR count). The number of anilines is 1. The minimum absolute atomic E-state index is 0.0536. The van der Waals surface area contributed by atoms with Crippen LogP contribution in [-0.2, 0) is 4.74 Å². The molecule has 0 spiro atoms. The molecule has 1 amide bonds. The molecule has 1 aliphatic rings. The maximum Gasteiger partial charge on any atom is 0.410 e. The zero-order valence-electron chi connectivity index (χ0n) is 15.0. The summed E-state index contributed by atoms with van der Waals surface area (Å²) in [5.41, 5.74) is 1.50. The van der Waals surface area contributed by atoms with Gasteiger partial charge in [0.25, 0.3) is 0 Å². The van der Waals surface area contributed by atoms with Crippen LogP contribution in [0.4, 0.5) is 10.6 Å². The third kappa shape index (κ3) is 3.16. The summed E-state index contributed by atoms with van der Waals surface area (Å²) in [5, 5.41) is 1.05. The molecule has 0 aliphatic carbocycles. The van der Waals surface area contributed by atoms with Crippen LogP contribution < -0.4 is 4.90 Å². The number of amides is 1. The number of ether oxygens (including phenoxy) is 1. The van der Waals surface area contributed by atoms with Gasteiger partial charge < -0.3 is 19.5 Å². The first kappa shape index (κ1) is 16.5. The van der Waals surface area contributed by atoms with Gasteiger partial charge in [-0.1, -0.05) is 0 Å². The van der Waals surface area contributed by atoms with E-state index in [2.05, 4.69) is 19.9 Å². The molecule has 2 aromatic rings. The lowest BCUT2D eigenvalue weighted by atomic mass is 10.1. The van der Waals surface area contributed by atoms with E-state index in [9.17, 15) is 4.79 Å². The van der Waals surface area contributed by atoms with Gasteiger partial charge in [-0.25, -0.2) is 14.8 Å². The Kier molecular flexibility index (Phi) is 4.11. The van der Waals surface area contributed by atoms with Gasteiger partial charge in [0.1, 0.15) is 23.4 Å². The second-order valence-electron chi connectivity index (χ2n) is 7.36. The Morgan fingerprint density at radius 3 is 2.75 bits per heavy atom. The van der Waals surface area contributed by atoms with Crippen LogP contribution in [0.5, 0.6) is 0 Å². The number of aryl methyl sites for hydroxylation is 1. The molecule has 0 bridgehead atoms. The van der Waals surface area contributed by atoms with Crippen molar-refractivity contribution in [1.82, 2.24) is 19.9 Å². The lowest BCUT2D eigenvalue weighted by molar-refractivity contribution is 0.0159. The zero-order valence-corrected chi connectivity index (χ0v) is 15.0. The van der Waals surface area contributed by atoms with E-state index >= 15 is 0 Å². The van der Waals surface area contributed by atoms with Gasteiger partial charge in [0, 0.05) is 31.9 Å². The Morgan fingerprint density at radius 2 is 2.08 bits per heavy atom. The topological polar surface area (TPSA) is 74.4 Å². The first-order chi connectivity index (χ1) is 11.3. The molecular formula is C17H25N5O2. The smallest absolute Gasteiger partial charge is 0.410 e. The number of piperazine rings is 1. The highest BCUT2D eigenvalue weighted by atomic mass is 16.6. The summed E-state index contributed by atoms with van der Waals surface area (Å²) in [5.74, 6) is 0.925. The Bertz CT molecular complexity index is 749. The van der Waals surface area contributed by atoms with Crippen LogP contribution in [0.3, 0.4) is 0 Å². The minimum atomic E-state index is -0.477. The van der Waals surface area contributed by atoms with E-state index in [4.69, 9.17) is 4.74 Å². The first-order valence-electron chi connectivity index (χ1n) is 8.29. The van der Waals surface area contributed by atoms with Crippen LogP contribution in [-0.4, -0.2) is 57.2 Å². The average Bonchev–Trinajstić information content (AvgIpc) is 2.87. The van der Waals surface area contributed by atoms with E-state index in [1.165, 1.54) is 0 Å². The fourth-order valence-corrected chi connectivity index (χ4v) is 3.08. The van der Waals surface area contributed by atoms with Crippen molar-refractivity contribution in [2.45, 2.75) is 46.3 Å². The van der Waals surface area contributed by atoms with Crippen molar-refractivity contribution in [3.8, 4) is 0 Å². The molecule has 1 atom stereocenters. The molecule has 7 heteroatoms. The Hall–Kier alpha value is -2.31. The lowest BCUT2D eigenvalue weighted by Gasteiger charge is -2.40. The average molecular weight is 331 g/mol. The molecule has 7 nitrogen and oxygen atoms in total. The van der Waals surface area contributed by atoms with E-state index < -0.39 is 5.60 Å². The van der Waals surface area contributed by atoms with Crippen LogP contribution >= 0.6 is 0 Å². The fraction of sp³-hybridized carbons (Fsp3) is 0.588. The van der Waals surface area contributed by atoms with Gasteiger partial charge in [-0.3, -0.25) is 0 Å². The highest BCUT2D eigenvalue weighted by Crippen LogP contribution is 2.27. The highest BCUT2D eigenvalue weighted by Gasteiger charge is 2.32. The van der Waals surface area contributed by atoms with Crippen molar-refractivity contribution in [2.75, 3.05) is 24.5 Å². The van der Waals surface area contributed by atoms with E-state index in [-0.39, 0.29) is 12.1 Å². The van der Waals surface area contributed by atoms with Gasteiger partial charge in [0.2, 0.25) is 0 Å². The molecule has 1 fully saturated rings. The van der Waals surface area contributed by atoms with E-state index in [0.717, 1.165) is 35.5 Å². The predicted molar refractivity (Wildman–Crippen MR) is 93.2 cm³/mol. The maximum absolute atomic E-state index is 12.3. The molecule has 24 heavy (non-hydrogen) atoms. The number of nitrogens with zero attached hydrogens (tertiary/aromatic N) is 4. The van der Waals surface area contributed by atoms with Crippen molar-refractivity contribution < 1.29 is 9.53 Å². The summed E-state index contributed by atoms with van der Waals surface area (Å²) in [4.78, 5) is 28.3. The summed E-state index contributed by atoms with van der Waals surface area (Å²) in [6, 6.07) is 0.0536. The van der Waals surface area contributed by atoms with E-state index in [0.29, 0.717) is 6.54 Å². The van der Waals surface area contributed by atoms with Crippen LogP contribution in [0.2, 0.25) is 0 Å². The molecule has 0 aromatic carbocycles. The van der Waals surface area contributed by atoms with Gasteiger partial charge in [-0.2, -0.15) is 0 Å². The van der Waals surface area contributed by atoms with Crippen molar-refractivity contribution in [2.24, 2.45) is 0 Å². The van der Waals surface area contributed by atoms with E-state index in [1.54, 1.807) is 11.2 Å². The van der Waals surface area contributed by atoms with Crippen molar-refractivity contribution >= 4 is 22.9 Å². The van der Waals surface area contributed by atoms with E-state index in [1.807, 2.05) is 40.8 Å². The normalized spacial score (nSPS) is 19.0. The monoisotopic (exact) mass is 331 g/mol. The number of carbonyl (C=O) groups excluding carboxylic acids is 1. The minimum Gasteiger partial charge on any atom is -0.444 e. The van der Waals surface area contributed by atoms with Gasteiger partial charge in [0.15, 0.2) is 0 Å². The molecule has 1 saturated heterocycles. The molecule has 130 valence electrons. The molecular weight excluding hydrogens is 306 g/mol. The molecule has 1 unspecified atom stereocenters. The molecule has 2 aromatic heterocycles. The fourth-order valence-electron chi connectivity index (χ4n) is 3.08. The summed E-state index contributed by atoms with van der Waals surface area (Å²) in [6.07, 6.45) is 3.28. The van der Waals surface area contributed by atoms with Gasteiger partial charge >= 0.3 is 6.09 Å². The number of carbonyl (C=O) groups is 1. The summed E-state index contributed by atoms with van der Waals surface area (Å²) in [6.45, 7) is 11.8. The molecule has 0 radical (unpaired) electrons. The predicted octanol–water partition coefficient (Wildman–Crippen LogP) is 2.71. The van der Waals surface area contributed by atoms with Crippen molar-refractivity contribution in [3.05, 3.63) is 18.1 Å². The Balaban J connectivity index is 1.78.